The number of alkyl carbamates (subject to hydrolysis) is 1. The molecule has 1 N–H and O–H groups in total. The van der Waals surface area contributed by atoms with E-state index in [1.54, 1.807) is 51.1 Å². The second-order valence-electron chi connectivity index (χ2n) is 5.18. The molecule has 0 saturated heterocycles. The molecule has 0 saturated carbocycles. The second kappa shape index (κ2) is 7.10. The van der Waals surface area contributed by atoms with E-state index in [4.69, 9.17) is 16.3 Å². The van der Waals surface area contributed by atoms with Crippen LogP contribution in [0.15, 0.2) is 24.3 Å². The average molecular weight is 296 g/mol. The highest BCUT2D eigenvalue weighted by Crippen LogP contribution is 2.15. The monoisotopic (exact) mass is 295 g/mol. The average Bonchev–Trinajstić information content (AvgIpc) is 2.33. The Hall–Kier alpha value is -1.81. The smallest absolute Gasteiger partial charge is 0.407 e. The van der Waals surface area contributed by atoms with Crippen LogP contribution in [-0.2, 0) is 4.74 Å². The number of carbonyl (C=O) groups excluding carboxylic acids is 2. The van der Waals surface area contributed by atoms with Gasteiger partial charge in [0.05, 0.1) is 0 Å². The Morgan fingerprint density at radius 1 is 1.35 bits per heavy atom. The number of carbonyl (C=O) groups is 2. The molecular weight excluding hydrogens is 278 g/mol. The third-order valence-corrected chi connectivity index (χ3v) is 2.47. The largest absolute Gasteiger partial charge is 0.444 e. The third-order valence-electron chi connectivity index (χ3n) is 2.24. The summed E-state index contributed by atoms with van der Waals surface area (Å²) in [5.41, 5.74) is 0.732. The minimum Gasteiger partial charge on any atom is -0.444 e. The molecule has 0 fully saturated rings. The van der Waals surface area contributed by atoms with Crippen molar-refractivity contribution in [1.82, 2.24) is 5.32 Å². The van der Waals surface area contributed by atoms with E-state index < -0.39 is 11.7 Å². The fourth-order valence-electron chi connectivity index (χ4n) is 1.44. The number of aldehydes is 1. The first kappa shape index (κ1) is 16.2. The zero-order valence-electron chi connectivity index (χ0n) is 11.8. The first-order valence-electron chi connectivity index (χ1n) is 6.20. The summed E-state index contributed by atoms with van der Waals surface area (Å²) in [6, 6.07) is 5.04. The van der Waals surface area contributed by atoms with Crippen LogP contribution in [0.5, 0.6) is 0 Å². The Balaban J connectivity index is 2.54. The number of benzene rings is 1. The van der Waals surface area contributed by atoms with Gasteiger partial charge >= 0.3 is 6.09 Å². The highest BCUT2D eigenvalue weighted by molar-refractivity contribution is 6.30. The van der Waals surface area contributed by atoms with Crippen molar-refractivity contribution in [2.24, 2.45) is 0 Å². The number of rotatable bonds is 4. The van der Waals surface area contributed by atoms with Crippen molar-refractivity contribution < 1.29 is 14.3 Å². The fourth-order valence-corrected chi connectivity index (χ4v) is 1.62. The molecule has 0 heterocycles. The van der Waals surface area contributed by atoms with Gasteiger partial charge in [-0.05, 0) is 38.5 Å². The number of ether oxygens (including phenoxy) is 1. The lowest BCUT2D eigenvalue weighted by atomic mass is 10.1. The molecule has 20 heavy (non-hydrogen) atoms. The van der Waals surface area contributed by atoms with Crippen LogP contribution in [0.2, 0.25) is 5.02 Å². The zero-order valence-corrected chi connectivity index (χ0v) is 12.5. The van der Waals surface area contributed by atoms with E-state index in [2.05, 4.69) is 5.32 Å². The minimum atomic E-state index is -0.519. The highest BCUT2D eigenvalue weighted by atomic mass is 35.5. The minimum absolute atomic E-state index is 0.315. The van der Waals surface area contributed by atoms with E-state index in [1.807, 2.05) is 0 Å². The lowest BCUT2D eigenvalue weighted by Crippen LogP contribution is -2.32. The van der Waals surface area contributed by atoms with Gasteiger partial charge in [0, 0.05) is 17.1 Å². The number of hydrogen-bond acceptors (Lipinski definition) is 3. The van der Waals surface area contributed by atoms with Gasteiger partial charge in [-0.1, -0.05) is 29.8 Å². The summed E-state index contributed by atoms with van der Waals surface area (Å²) >= 11 is 5.80. The predicted molar refractivity (Wildman–Crippen MR) is 80.1 cm³/mol. The fraction of sp³-hybridized carbons (Fsp3) is 0.333. The maximum absolute atomic E-state index is 11.4. The quantitative estimate of drug-likeness (QED) is 0.862. The molecule has 4 nitrogen and oxygen atoms in total. The molecule has 0 aliphatic carbocycles. The number of nitrogens with one attached hydrogen (secondary N) is 1. The molecule has 5 heteroatoms. The van der Waals surface area contributed by atoms with Crippen LogP contribution in [0.4, 0.5) is 4.79 Å². The highest BCUT2D eigenvalue weighted by Gasteiger charge is 2.14. The van der Waals surface area contributed by atoms with Gasteiger partial charge in [-0.3, -0.25) is 4.79 Å². The SMILES string of the molecule is CC(C)(C)OC(=O)NCC=Cc1ccc(Cl)cc1C=O. The van der Waals surface area contributed by atoms with Crippen LogP contribution in [0.25, 0.3) is 6.08 Å². The Morgan fingerprint density at radius 3 is 2.65 bits per heavy atom. The van der Waals surface area contributed by atoms with E-state index in [1.165, 1.54) is 0 Å². The van der Waals surface area contributed by atoms with Crippen LogP contribution >= 0.6 is 11.6 Å². The van der Waals surface area contributed by atoms with Gasteiger partial charge in [0.15, 0.2) is 6.29 Å². The maximum atomic E-state index is 11.4. The lowest BCUT2D eigenvalue weighted by Gasteiger charge is -2.19. The normalized spacial score (nSPS) is 11.4. The third kappa shape index (κ3) is 5.89. The maximum Gasteiger partial charge on any atom is 0.407 e. The first-order chi connectivity index (χ1) is 9.31. The van der Waals surface area contributed by atoms with Gasteiger partial charge in [0.2, 0.25) is 0 Å². The van der Waals surface area contributed by atoms with Crippen molar-refractivity contribution >= 4 is 30.1 Å². The molecule has 0 radical (unpaired) electrons. The molecule has 0 aliphatic heterocycles. The zero-order chi connectivity index (χ0) is 15.2. The Bertz CT molecular complexity index is 518. The van der Waals surface area contributed by atoms with Crippen LogP contribution in [0.1, 0.15) is 36.7 Å². The van der Waals surface area contributed by atoms with Crippen molar-refractivity contribution in [3.63, 3.8) is 0 Å². The van der Waals surface area contributed by atoms with Crippen LogP contribution in [0, 0.1) is 0 Å². The molecule has 1 aromatic carbocycles. The summed E-state index contributed by atoms with van der Waals surface area (Å²) in [6.07, 6.45) is 3.75. The van der Waals surface area contributed by atoms with Gasteiger partial charge < -0.3 is 10.1 Å². The molecule has 0 atom stereocenters. The summed E-state index contributed by atoms with van der Waals surface area (Å²) in [5, 5.41) is 3.11. The van der Waals surface area contributed by atoms with E-state index in [-0.39, 0.29) is 0 Å². The number of amides is 1. The van der Waals surface area contributed by atoms with Crippen LogP contribution < -0.4 is 5.32 Å². The second-order valence-corrected chi connectivity index (χ2v) is 5.61. The van der Waals surface area contributed by atoms with Crippen LogP contribution in [-0.4, -0.2) is 24.5 Å². The number of hydrogen-bond donors (Lipinski definition) is 1. The molecular formula is C15H18ClNO3. The molecule has 0 bridgehead atoms. The van der Waals surface area contributed by atoms with E-state index >= 15 is 0 Å². The van der Waals surface area contributed by atoms with Gasteiger partial charge in [0.25, 0.3) is 0 Å². The van der Waals surface area contributed by atoms with Crippen molar-refractivity contribution in [3.05, 3.63) is 40.4 Å². The Kier molecular flexibility index (Phi) is 5.77. The van der Waals surface area contributed by atoms with E-state index in [0.717, 1.165) is 11.8 Å². The molecule has 0 aliphatic rings. The predicted octanol–water partition coefficient (Wildman–Crippen LogP) is 3.69. The molecule has 108 valence electrons. The standard InChI is InChI=1S/C15H18ClNO3/c1-15(2,3)20-14(19)17-8-4-5-11-6-7-13(16)9-12(11)10-18/h4-7,9-10H,8H2,1-3H3,(H,17,19). The van der Waals surface area contributed by atoms with Crippen molar-refractivity contribution in [2.45, 2.75) is 26.4 Å². The topological polar surface area (TPSA) is 55.4 Å². The van der Waals surface area contributed by atoms with Gasteiger partial charge in [-0.15, -0.1) is 0 Å². The van der Waals surface area contributed by atoms with E-state index in [0.29, 0.717) is 17.1 Å². The summed E-state index contributed by atoms with van der Waals surface area (Å²) < 4.78 is 5.09. The van der Waals surface area contributed by atoms with Crippen molar-refractivity contribution in [3.8, 4) is 0 Å². The summed E-state index contributed by atoms with van der Waals surface area (Å²) in [4.78, 5) is 22.3. The van der Waals surface area contributed by atoms with Gasteiger partial charge in [-0.2, -0.15) is 0 Å². The Morgan fingerprint density at radius 2 is 2.05 bits per heavy atom. The molecule has 1 amide bonds. The van der Waals surface area contributed by atoms with Crippen LogP contribution in [0.3, 0.4) is 0 Å². The van der Waals surface area contributed by atoms with Gasteiger partial charge in [-0.25, -0.2) is 4.79 Å². The molecule has 0 unspecified atom stereocenters. The molecule has 0 spiro atoms. The molecule has 0 aromatic heterocycles. The van der Waals surface area contributed by atoms with Gasteiger partial charge in [0.1, 0.15) is 5.60 Å². The van der Waals surface area contributed by atoms with E-state index in [9.17, 15) is 9.59 Å². The summed E-state index contributed by atoms with van der Waals surface area (Å²) in [5.74, 6) is 0. The van der Waals surface area contributed by atoms with Crippen molar-refractivity contribution in [1.29, 1.82) is 0 Å². The lowest BCUT2D eigenvalue weighted by molar-refractivity contribution is 0.0534. The first-order valence-corrected chi connectivity index (χ1v) is 6.58. The number of halogens is 1. The van der Waals surface area contributed by atoms with Crippen molar-refractivity contribution in [2.75, 3.05) is 6.54 Å². The summed E-state index contributed by atoms with van der Waals surface area (Å²) in [7, 11) is 0. The molecule has 1 rings (SSSR count). The Labute approximate surface area is 123 Å². The molecule has 1 aromatic rings. The summed E-state index contributed by atoms with van der Waals surface area (Å²) in [6.45, 7) is 5.71.